The summed E-state index contributed by atoms with van der Waals surface area (Å²) in [6.45, 7) is 8.65. The Hall–Kier alpha value is -0.640. The smallest absolute Gasteiger partial charge is 0.295 e. The van der Waals surface area contributed by atoms with Crippen LogP contribution < -0.4 is 5.69 Å². The van der Waals surface area contributed by atoms with E-state index in [0.29, 0.717) is 5.92 Å². The first-order chi connectivity index (χ1) is 6.43. The molecule has 0 amide bonds. The van der Waals surface area contributed by atoms with Gasteiger partial charge >= 0.3 is 5.69 Å². The van der Waals surface area contributed by atoms with E-state index in [1.165, 1.54) is 0 Å². The third-order valence-corrected chi connectivity index (χ3v) is 3.23. The van der Waals surface area contributed by atoms with Gasteiger partial charge in [0.1, 0.15) is 0 Å². The summed E-state index contributed by atoms with van der Waals surface area (Å²) < 4.78 is 2.64. The van der Waals surface area contributed by atoms with E-state index in [1.807, 2.05) is 13.8 Å². The van der Waals surface area contributed by atoms with Crippen molar-refractivity contribution >= 4 is 15.9 Å². The number of rotatable bonds is 2. The molecule has 0 saturated heterocycles. The van der Waals surface area contributed by atoms with Crippen LogP contribution in [-0.2, 0) is 6.54 Å². The van der Waals surface area contributed by atoms with Crippen molar-refractivity contribution in [2.75, 3.05) is 0 Å². The Kier molecular flexibility index (Phi) is 3.48. The maximum atomic E-state index is 11.6. The van der Waals surface area contributed by atoms with Crippen LogP contribution in [0.4, 0.5) is 0 Å². The predicted octanol–water partition coefficient (Wildman–Crippen LogP) is 2.28. The van der Waals surface area contributed by atoms with Crippen molar-refractivity contribution in [3.8, 4) is 0 Å². The third-order valence-electron chi connectivity index (χ3n) is 2.08. The van der Waals surface area contributed by atoms with Crippen LogP contribution in [0.15, 0.2) is 9.27 Å². The van der Waals surface area contributed by atoms with Crippen LogP contribution in [0, 0.1) is 19.8 Å². The molecule has 4 heteroatoms. The molecule has 0 fully saturated rings. The summed E-state index contributed by atoms with van der Waals surface area (Å²) in [4.78, 5) is 15.5. The van der Waals surface area contributed by atoms with E-state index in [9.17, 15) is 4.79 Å². The molecular weight excluding hydrogens is 244 g/mol. The Labute approximate surface area is 92.3 Å². The average Bonchev–Trinajstić information content (AvgIpc) is 2.09. The number of hydrogen-bond donors (Lipinski definition) is 0. The Morgan fingerprint density at radius 3 is 2.50 bits per heavy atom. The lowest BCUT2D eigenvalue weighted by Crippen LogP contribution is -2.28. The molecule has 1 aromatic rings. The van der Waals surface area contributed by atoms with Gasteiger partial charge in [-0.3, -0.25) is 4.57 Å². The highest BCUT2D eigenvalue weighted by atomic mass is 79.9. The van der Waals surface area contributed by atoms with Crippen molar-refractivity contribution in [3.05, 3.63) is 26.3 Å². The summed E-state index contributed by atoms with van der Waals surface area (Å²) in [5.74, 6) is 0.447. The molecule has 0 aromatic carbocycles. The molecule has 14 heavy (non-hydrogen) atoms. The summed E-state index contributed by atoms with van der Waals surface area (Å²) in [6.07, 6.45) is 0. The highest BCUT2D eigenvalue weighted by Gasteiger charge is 2.09. The van der Waals surface area contributed by atoms with Gasteiger partial charge in [0, 0.05) is 12.2 Å². The number of aromatic nitrogens is 2. The standard InChI is InChI=1S/C10H15BrN2O/c1-6(2)5-13-8(4)9(11)7(3)12-10(13)14/h6H,5H2,1-4H3. The van der Waals surface area contributed by atoms with E-state index in [-0.39, 0.29) is 5.69 Å². The van der Waals surface area contributed by atoms with E-state index >= 15 is 0 Å². The second-order valence-electron chi connectivity index (χ2n) is 3.88. The van der Waals surface area contributed by atoms with Crippen LogP contribution >= 0.6 is 15.9 Å². The number of hydrogen-bond acceptors (Lipinski definition) is 2. The maximum absolute atomic E-state index is 11.6. The lowest BCUT2D eigenvalue weighted by Gasteiger charge is -2.13. The fraction of sp³-hybridized carbons (Fsp3) is 0.600. The zero-order valence-corrected chi connectivity index (χ0v) is 10.6. The van der Waals surface area contributed by atoms with Crippen LogP contribution in [0.1, 0.15) is 25.2 Å². The quantitative estimate of drug-likeness (QED) is 0.816. The highest BCUT2D eigenvalue weighted by molar-refractivity contribution is 9.10. The highest BCUT2D eigenvalue weighted by Crippen LogP contribution is 2.17. The summed E-state index contributed by atoms with van der Waals surface area (Å²) >= 11 is 3.43. The van der Waals surface area contributed by atoms with Crippen LogP contribution in [0.2, 0.25) is 0 Å². The van der Waals surface area contributed by atoms with Gasteiger partial charge in [0.2, 0.25) is 0 Å². The van der Waals surface area contributed by atoms with E-state index in [4.69, 9.17) is 0 Å². The second kappa shape index (κ2) is 4.26. The molecule has 1 aromatic heterocycles. The minimum absolute atomic E-state index is 0.156. The Balaban J connectivity index is 3.30. The molecule has 0 aliphatic carbocycles. The molecule has 1 rings (SSSR count). The molecule has 0 aliphatic rings. The van der Waals surface area contributed by atoms with Crippen LogP contribution in [-0.4, -0.2) is 9.55 Å². The van der Waals surface area contributed by atoms with Crippen molar-refractivity contribution in [2.24, 2.45) is 5.92 Å². The largest absolute Gasteiger partial charge is 0.348 e. The zero-order valence-electron chi connectivity index (χ0n) is 8.97. The van der Waals surface area contributed by atoms with E-state index < -0.39 is 0 Å². The van der Waals surface area contributed by atoms with Gasteiger partial charge < -0.3 is 0 Å². The van der Waals surface area contributed by atoms with Gasteiger partial charge in [0.05, 0.1) is 10.2 Å². The summed E-state index contributed by atoms with van der Waals surface area (Å²) in [7, 11) is 0. The predicted molar refractivity (Wildman–Crippen MR) is 60.5 cm³/mol. The van der Waals surface area contributed by atoms with Crippen molar-refractivity contribution in [3.63, 3.8) is 0 Å². The molecule has 0 bridgehead atoms. The van der Waals surface area contributed by atoms with Crippen LogP contribution in [0.5, 0.6) is 0 Å². The summed E-state index contributed by atoms with van der Waals surface area (Å²) in [5.41, 5.74) is 1.56. The lowest BCUT2D eigenvalue weighted by molar-refractivity contribution is 0.491. The number of aryl methyl sites for hydroxylation is 1. The maximum Gasteiger partial charge on any atom is 0.348 e. The molecular formula is C10H15BrN2O. The van der Waals surface area contributed by atoms with E-state index in [0.717, 1.165) is 22.4 Å². The fourth-order valence-corrected chi connectivity index (χ4v) is 1.66. The Morgan fingerprint density at radius 2 is 2.00 bits per heavy atom. The van der Waals surface area contributed by atoms with Crippen LogP contribution in [0.3, 0.4) is 0 Å². The van der Waals surface area contributed by atoms with Crippen LogP contribution in [0.25, 0.3) is 0 Å². The van der Waals surface area contributed by atoms with E-state index in [2.05, 4.69) is 34.8 Å². The third kappa shape index (κ3) is 2.23. The van der Waals surface area contributed by atoms with Gasteiger partial charge in [-0.15, -0.1) is 0 Å². The molecule has 0 N–H and O–H groups in total. The summed E-state index contributed by atoms with van der Waals surface area (Å²) in [5, 5.41) is 0. The molecule has 1 heterocycles. The fourth-order valence-electron chi connectivity index (χ4n) is 1.36. The molecule has 0 spiro atoms. The van der Waals surface area contributed by atoms with Crippen molar-refractivity contribution in [2.45, 2.75) is 34.2 Å². The van der Waals surface area contributed by atoms with Crippen molar-refractivity contribution in [1.82, 2.24) is 9.55 Å². The van der Waals surface area contributed by atoms with Gasteiger partial charge in [-0.1, -0.05) is 13.8 Å². The SMILES string of the molecule is Cc1nc(=O)n(CC(C)C)c(C)c1Br. The Bertz CT molecular complexity index is 396. The molecule has 78 valence electrons. The molecule has 0 aliphatic heterocycles. The average molecular weight is 259 g/mol. The second-order valence-corrected chi connectivity index (χ2v) is 4.68. The van der Waals surface area contributed by atoms with Crippen molar-refractivity contribution < 1.29 is 0 Å². The minimum Gasteiger partial charge on any atom is -0.295 e. The summed E-state index contributed by atoms with van der Waals surface area (Å²) in [6, 6.07) is 0. The van der Waals surface area contributed by atoms with Gasteiger partial charge in [-0.25, -0.2) is 4.79 Å². The monoisotopic (exact) mass is 258 g/mol. The van der Waals surface area contributed by atoms with Crippen molar-refractivity contribution in [1.29, 1.82) is 0 Å². The number of halogens is 1. The Morgan fingerprint density at radius 1 is 1.43 bits per heavy atom. The molecule has 0 saturated carbocycles. The minimum atomic E-state index is -0.156. The van der Waals surface area contributed by atoms with Gasteiger partial charge in [-0.2, -0.15) is 4.98 Å². The number of nitrogens with zero attached hydrogens (tertiary/aromatic N) is 2. The topological polar surface area (TPSA) is 34.9 Å². The zero-order chi connectivity index (χ0) is 10.9. The van der Waals surface area contributed by atoms with Gasteiger partial charge in [0.25, 0.3) is 0 Å². The first-order valence-electron chi connectivity index (χ1n) is 4.67. The lowest BCUT2D eigenvalue weighted by atomic mass is 10.2. The molecule has 3 nitrogen and oxygen atoms in total. The normalized spacial score (nSPS) is 11.0. The van der Waals surface area contributed by atoms with Gasteiger partial charge in [-0.05, 0) is 35.7 Å². The molecule has 0 atom stereocenters. The van der Waals surface area contributed by atoms with E-state index in [1.54, 1.807) is 4.57 Å². The first-order valence-corrected chi connectivity index (χ1v) is 5.46. The first kappa shape index (κ1) is 11.4. The molecule has 0 unspecified atom stereocenters. The van der Waals surface area contributed by atoms with Gasteiger partial charge in [0.15, 0.2) is 0 Å². The molecule has 0 radical (unpaired) electrons.